The van der Waals surface area contributed by atoms with Crippen LogP contribution in [0.25, 0.3) is 0 Å². The molecular formula is C31H46N4O4Si. The van der Waals surface area contributed by atoms with Gasteiger partial charge in [0.1, 0.15) is 12.3 Å². The molecule has 3 unspecified atom stereocenters. The lowest BCUT2D eigenvalue weighted by Crippen LogP contribution is -2.46. The van der Waals surface area contributed by atoms with E-state index in [1.54, 1.807) is 0 Å². The molecule has 0 aliphatic heterocycles. The molecule has 218 valence electrons. The van der Waals surface area contributed by atoms with Crippen molar-refractivity contribution in [2.75, 3.05) is 7.11 Å². The maximum Gasteiger partial charge on any atom is 0.360 e. The van der Waals surface area contributed by atoms with E-state index in [4.69, 9.17) is 13.6 Å². The van der Waals surface area contributed by atoms with E-state index in [-0.39, 0.29) is 16.8 Å². The van der Waals surface area contributed by atoms with Crippen molar-refractivity contribution in [3.8, 4) is 0 Å². The van der Waals surface area contributed by atoms with Gasteiger partial charge in [-0.05, 0) is 61.2 Å². The molecule has 40 heavy (non-hydrogen) atoms. The lowest BCUT2D eigenvalue weighted by molar-refractivity contribution is 0.0593. The molecule has 2 aromatic heterocycles. The van der Waals surface area contributed by atoms with Crippen molar-refractivity contribution in [1.82, 2.24) is 20.0 Å². The number of methoxy groups -OCH3 is 1. The van der Waals surface area contributed by atoms with Crippen molar-refractivity contribution < 1.29 is 18.4 Å². The van der Waals surface area contributed by atoms with Crippen LogP contribution in [-0.2, 0) is 22.0 Å². The summed E-state index contributed by atoms with van der Waals surface area (Å²) in [6.07, 6.45) is 11.0. The van der Waals surface area contributed by atoms with Crippen molar-refractivity contribution in [3.63, 3.8) is 0 Å². The number of benzene rings is 1. The highest BCUT2D eigenvalue weighted by Crippen LogP contribution is 2.42. The highest BCUT2D eigenvalue weighted by atomic mass is 28.4. The Morgan fingerprint density at radius 3 is 2.55 bits per heavy atom. The maximum absolute atomic E-state index is 12.0. The third kappa shape index (κ3) is 7.49. The molecule has 1 fully saturated rings. The van der Waals surface area contributed by atoms with Crippen molar-refractivity contribution >= 4 is 14.3 Å². The van der Waals surface area contributed by atoms with Crippen molar-refractivity contribution in [1.29, 1.82) is 0 Å². The molecule has 4 rings (SSSR count). The first-order valence-electron chi connectivity index (χ1n) is 14.6. The van der Waals surface area contributed by atoms with Crippen molar-refractivity contribution in [3.05, 3.63) is 65.6 Å². The molecule has 0 saturated heterocycles. The standard InChI is InChI=1S/C31H46N4O4Si/c1-8-12-23-15-24(18-26(17-23)39-40(6,7)31(2,3)4)16-25-20-35(34-33-25)28(19-22-13-10-9-11-14-22)29-32-27(21-38-29)30(36)37-5/h9-11,13-14,20-21,23-24,26,28H,8,12,15-19H2,1-7H3/t23?,24?,26?,28-/m0/s1. The third-order valence-electron chi connectivity index (χ3n) is 8.67. The molecule has 2 heterocycles. The zero-order chi connectivity index (χ0) is 28.9. The van der Waals surface area contributed by atoms with E-state index >= 15 is 0 Å². The monoisotopic (exact) mass is 566 g/mol. The molecular weight excluding hydrogens is 520 g/mol. The molecule has 4 atom stereocenters. The average Bonchev–Trinajstić information content (AvgIpc) is 3.57. The Balaban J connectivity index is 1.53. The van der Waals surface area contributed by atoms with Gasteiger partial charge in [-0.2, -0.15) is 0 Å². The maximum atomic E-state index is 12.0. The first-order chi connectivity index (χ1) is 19.0. The summed E-state index contributed by atoms with van der Waals surface area (Å²) in [5.41, 5.74) is 2.22. The number of carbonyl (C=O) groups is 1. The largest absolute Gasteiger partial charge is 0.464 e. The Hall–Kier alpha value is -2.78. The minimum Gasteiger partial charge on any atom is -0.464 e. The summed E-state index contributed by atoms with van der Waals surface area (Å²) in [4.78, 5) is 16.5. The fraction of sp³-hybridized carbons (Fsp3) is 0.613. The number of oxazole rings is 1. The van der Waals surface area contributed by atoms with Gasteiger partial charge in [0, 0.05) is 18.7 Å². The topological polar surface area (TPSA) is 92.3 Å². The molecule has 1 aliphatic rings. The van der Waals surface area contributed by atoms with E-state index < -0.39 is 14.3 Å². The van der Waals surface area contributed by atoms with Crippen LogP contribution in [0.1, 0.15) is 93.5 Å². The number of carbonyl (C=O) groups excluding carboxylic acids is 1. The summed E-state index contributed by atoms with van der Waals surface area (Å²) < 4.78 is 19.3. The van der Waals surface area contributed by atoms with Gasteiger partial charge in [0.2, 0.25) is 5.89 Å². The van der Waals surface area contributed by atoms with Crippen molar-refractivity contribution in [2.45, 2.75) is 103 Å². The first kappa shape index (κ1) is 30.2. The van der Waals surface area contributed by atoms with E-state index in [1.807, 2.05) is 29.1 Å². The first-order valence-corrected chi connectivity index (χ1v) is 17.6. The molecule has 0 radical (unpaired) electrons. The summed E-state index contributed by atoms with van der Waals surface area (Å²) in [5.74, 6) is 1.07. The van der Waals surface area contributed by atoms with Gasteiger partial charge in [-0.15, -0.1) is 5.10 Å². The minimum atomic E-state index is -1.84. The van der Waals surface area contributed by atoms with Crippen LogP contribution in [0.15, 0.2) is 47.2 Å². The SMILES string of the molecule is CCCC1CC(Cc2cn([C@@H](Cc3ccccc3)c3nc(C(=O)OC)co3)nn2)CC(O[Si](C)(C)C(C)(C)C)C1. The molecule has 1 aromatic carbocycles. The number of ether oxygens (including phenoxy) is 1. The van der Waals surface area contributed by atoms with Crippen LogP contribution in [-0.4, -0.2) is 47.5 Å². The normalized spacial score (nSPS) is 20.8. The van der Waals surface area contributed by atoms with Gasteiger partial charge in [0.25, 0.3) is 0 Å². The lowest BCUT2D eigenvalue weighted by Gasteiger charge is -2.43. The molecule has 0 amide bonds. The average molecular weight is 567 g/mol. The van der Waals surface area contributed by atoms with Crippen LogP contribution in [0.4, 0.5) is 0 Å². The van der Waals surface area contributed by atoms with Gasteiger partial charge in [-0.1, -0.05) is 76.1 Å². The lowest BCUT2D eigenvalue weighted by atomic mass is 9.76. The molecule has 0 spiro atoms. The Kier molecular flexibility index (Phi) is 9.67. The summed E-state index contributed by atoms with van der Waals surface area (Å²) in [5, 5.41) is 9.31. The number of rotatable bonds is 11. The molecule has 0 N–H and O–H groups in total. The van der Waals surface area contributed by atoms with Gasteiger partial charge < -0.3 is 13.6 Å². The van der Waals surface area contributed by atoms with E-state index in [2.05, 4.69) is 68.2 Å². The summed E-state index contributed by atoms with van der Waals surface area (Å²) in [6, 6.07) is 9.79. The molecule has 8 nitrogen and oxygen atoms in total. The zero-order valence-electron chi connectivity index (χ0n) is 25.2. The van der Waals surface area contributed by atoms with Gasteiger partial charge in [0.15, 0.2) is 14.0 Å². The number of nitrogens with zero attached hydrogens (tertiary/aromatic N) is 4. The van der Waals surface area contributed by atoms with Gasteiger partial charge in [0.05, 0.1) is 12.8 Å². The zero-order valence-corrected chi connectivity index (χ0v) is 26.2. The Labute approximate surface area is 240 Å². The van der Waals surface area contributed by atoms with E-state index in [1.165, 1.54) is 32.6 Å². The second-order valence-corrected chi connectivity index (χ2v) is 17.6. The number of hydrogen-bond donors (Lipinski definition) is 0. The van der Waals surface area contributed by atoms with E-state index in [9.17, 15) is 4.79 Å². The minimum absolute atomic E-state index is 0.146. The highest BCUT2D eigenvalue weighted by Gasteiger charge is 2.41. The van der Waals surface area contributed by atoms with Crippen LogP contribution in [0.2, 0.25) is 18.1 Å². The van der Waals surface area contributed by atoms with E-state index in [0.717, 1.165) is 30.5 Å². The molecule has 9 heteroatoms. The van der Waals surface area contributed by atoms with E-state index in [0.29, 0.717) is 30.3 Å². The van der Waals surface area contributed by atoms with Gasteiger partial charge in [-0.25, -0.2) is 14.5 Å². The van der Waals surface area contributed by atoms with Crippen LogP contribution in [0.5, 0.6) is 0 Å². The predicted octanol–water partition coefficient (Wildman–Crippen LogP) is 7.03. The van der Waals surface area contributed by atoms with Crippen LogP contribution < -0.4 is 0 Å². The fourth-order valence-corrected chi connectivity index (χ4v) is 7.01. The number of hydrogen-bond acceptors (Lipinski definition) is 7. The fourth-order valence-electron chi connectivity index (χ4n) is 5.63. The molecule has 3 aromatic rings. The number of esters is 1. The Morgan fingerprint density at radius 2 is 1.88 bits per heavy atom. The van der Waals surface area contributed by atoms with Crippen LogP contribution in [0, 0.1) is 11.8 Å². The summed E-state index contributed by atoms with van der Waals surface area (Å²) >= 11 is 0. The smallest absolute Gasteiger partial charge is 0.360 e. The molecule has 1 aliphatic carbocycles. The predicted molar refractivity (Wildman–Crippen MR) is 158 cm³/mol. The Bertz CT molecular complexity index is 1230. The highest BCUT2D eigenvalue weighted by molar-refractivity contribution is 6.74. The Morgan fingerprint density at radius 1 is 1.15 bits per heavy atom. The quantitative estimate of drug-likeness (QED) is 0.182. The van der Waals surface area contributed by atoms with Crippen LogP contribution in [0.3, 0.4) is 0 Å². The third-order valence-corrected chi connectivity index (χ3v) is 13.2. The van der Waals surface area contributed by atoms with Gasteiger partial charge >= 0.3 is 5.97 Å². The second-order valence-electron chi connectivity index (χ2n) is 12.9. The second kappa shape index (κ2) is 12.8. The molecule has 0 bridgehead atoms. The van der Waals surface area contributed by atoms with Crippen molar-refractivity contribution in [2.24, 2.45) is 11.8 Å². The molecule has 1 saturated carbocycles. The number of aromatic nitrogens is 4. The van der Waals surface area contributed by atoms with Crippen LogP contribution >= 0.6 is 0 Å². The summed E-state index contributed by atoms with van der Waals surface area (Å²) in [6.45, 7) is 13.9. The van der Waals surface area contributed by atoms with Gasteiger partial charge in [-0.3, -0.25) is 0 Å². The summed E-state index contributed by atoms with van der Waals surface area (Å²) in [7, 11) is -0.510.